The number of rotatable bonds is 4. The number of benzene rings is 2. The second-order valence-corrected chi connectivity index (χ2v) is 5.90. The van der Waals surface area contributed by atoms with Gasteiger partial charge in [0.05, 0.1) is 5.69 Å². The first-order valence-electron chi connectivity index (χ1n) is 6.48. The summed E-state index contributed by atoms with van der Waals surface area (Å²) < 4.78 is 15.2. The van der Waals surface area contributed by atoms with E-state index in [0.717, 1.165) is 15.6 Å². The molecule has 106 valence electrons. The Morgan fingerprint density at radius 2 is 2.00 bits per heavy atom. The van der Waals surface area contributed by atoms with Crippen molar-refractivity contribution < 1.29 is 4.39 Å². The lowest BCUT2D eigenvalue weighted by molar-refractivity contribution is 0.617. The fourth-order valence-electron chi connectivity index (χ4n) is 2.11. The Morgan fingerprint density at radius 1 is 1.25 bits per heavy atom. The zero-order valence-electron chi connectivity index (χ0n) is 11.6. The van der Waals surface area contributed by atoms with E-state index < -0.39 is 0 Å². The molecule has 4 heteroatoms. The van der Waals surface area contributed by atoms with Gasteiger partial charge < -0.3 is 10.6 Å². The van der Waals surface area contributed by atoms with Gasteiger partial charge in [-0.25, -0.2) is 4.39 Å². The molecule has 2 aromatic rings. The van der Waals surface area contributed by atoms with Crippen molar-refractivity contribution in [3.63, 3.8) is 0 Å². The maximum absolute atomic E-state index is 14.1. The van der Waals surface area contributed by atoms with Gasteiger partial charge in [-0.15, -0.1) is 0 Å². The monoisotopic (exact) mass is 336 g/mol. The molecule has 0 spiro atoms. The third-order valence-electron chi connectivity index (χ3n) is 3.22. The molecule has 0 radical (unpaired) electrons. The Hall–Kier alpha value is -1.39. The fraction of sp³-hybridized carbons (Fsp3) is 0.250. The molecule has 0 aliphatic heterocycles. The van der Waals surface area contributed by atoms with Gasteiger partial charge in [-0.05, 0) is 42.3 Å². The number of nitrogens with zero attached hydrogens (tertiary/aromatic N) is 1. The van der Waals surface area contributed by atoms with E-state index in [1.54, 1.807) is 6.07 Å². The molecule has 2 rings (SSSR count). The Labute approximate surface area is 127 Å². The lowest BCUT2D eigenvalue weighted by atomic mass is 10.1. The van der Waals surface area contributed by atoms with Crippen molar-refractivity contribution in [1.82, 2.24) is 0 Å². The largest absolute Gasteiger partial charge is 0.368 e. The summed E-state index contributed by atoms with van der Waals surface area (Å²) >= 11 is 3.44. The third-order valence-corrected chi connectivity index (χ3v) is 3.71. The molecule has 0 amide bonds. The highest BCUT2D eigenvalue weighted by Crippen LogP contribution is 2.23. The summed E-state index contributed by atoms with van der Waals surface area (Å²) in [7, 11) is 1.88. The molecule has 1 atom stereocenters. The summed E-state index contributed by atoms with van der Waals surface area (Å²) in [6.07, 6.45) is 0. The van der Waals surface area contributed by atoms with Crippen LogP contribution in [0.5, 0.6) is 0 Å². The zero-order valence-corrected chi connectivity index (χ0v) is 13.2. The molecule has 0 aliphatic carbocycles. The smallest absolute Gasteiger partial charge is 0.146 e. The number of anilines is 1. The van der Waals surface area contributed by atoms with Gasteiger partial charge in [0.1, 0.15) is 5.82 Å². The zero-order chi connectivity index (χ0) is 14.7. The van der Waals surface area contributed by atoms with Gasteiger partial charge in [-0.2, -0.15) is 0 Å². The average molecular weight is 337 g/mol. The topological polar surface area (TPSA) is 29.3 Å². The highest BCUT2D eigenvalue weighted by molar-refractivity contribution is 9.10. The normalized spacial score (nSPS) is 12.2. The predicted octanol–water partition coefficient (Wildman–Crippen LogP) is 4.24. The van der Waals surface area contributed by atoms with Crippen LogP contribution in [0.15, 0.2) is 46.9 Å². The number of nitrogens with two attached hydrogens (primary N) is 1. The highest BCUT2D eigenvalue weighted by Gasteiger charge is 2.10. The quantitative estimate of drug-likeness (QED) is 0.904. The molecular formula is C16H18BrFN2. The van der Waals surface area contributed by atoms with Crippen LogP contribution in [0, 0.1) is 5.82 Å². The molecule has 0 aromatic heterocycles. The van der Waals surface area contributed by atoms with E-state index in [2.05, 4.69) is 15.9 Å². The lowest BCUT2D eigenvalue weighted by Gasteiger charge is -2.21. The Balaban J connectivity index is 2.19. The van der Waals surface area contributed by atoms with E-state index in [0.29, 0.717) is 12.2 Å². The molecule has 2 nitrogen and oxygen atoms in total. The summed E-state index contributed by atoms with van der Waals surface area (Å²) in [5, 5.41) is 0. The first kappa shape index (κ1) is 15.0. The van der Waals surface area contributed by atoms with E-state index in [1.807, 2.05) is 49.2 Å². The molecule has 0 heterocycles. The molecule has 0 aliphatic rings. The van der Waals surface area contributed by atoms with Crippen molar-refractivity contribution in [2.24, 2.45) is 5.73 Å². The summed E-state index contributed by atoms with van der Waals surface area (Å²) in [6.45, 7) is 2.49. The number of halogens is 2. The Kier molecular flexibility index (Phi) is 4.78. The van der Waals surface area contributed by atoms with Crippen LogP contribution in [0.1, 0.15) is 24.1 Å². The third kappa shape index (κ3) is 3.58. The molecule has 20 heavy (non-hydrogen) atoms. The first-order chi connectivity index (χ1) is 9.47. The van der Waals surface area contributed by atoms with Crippen LogP contribution >= 0.6 is 15.9 Å². The van der Waals surface area contributed by atoms with Crippen LogP contribution in [0.3, 0.4) is 0 Å². The van der Waals surface area contributed by atoms with Crippen molar-refractivity contribution in [1.29, 1.82) is 0 Å². The van der Waals surface area contributed by atoms with Gasteiger partial charge in [0.15, 0.2) is 0 Å². The molecular weight excluding hydrogens is 319 g/mol. The second kappa shape index (κ2) is 6.37. The van der Waals surface area contributed by atoms with Gasteiger partial charge in [0.25, 0.3) is 0 Å². The molecule has 0 unspecified atom stereocenters. The van der Waals surface area contributed by atoms with E-state index in [4.69, 9.17) is 5.73 Å². The van der Waals surface area contributed by atoms with Gasteiger partial charge in [0.2, 0.25) is 0 Å². The van der Waals surface area contributed by atoms with Crippen LogP contribution in [0.4, 0.5) is 10.1 Å². The molecule has 0 saturated carbocycles. The van der Waals surface area contributed by atoms with Crippen LogP contribution in [0.25, 0.3) is 0 Å². The summed E-state index contributed by atoms with van der Waals surface area (Å²) in [6, 6.07) is 13.0. The van der Waals surface area contributed by atoms with Crippen LogP contribution in [-0.2, 0) is 6.54 Å². The van der Waals surface area contributed by atoms with E-state index in [-0.39, 0.29) is 11.9 Å². The fourth-order valence-corrected chi connectivity index (χ4v) is 2.56. The van der Waals surface area contributed by atoms with E-state index >= 15 is 0 Å². The average Bonchev–Trinajstić information content (AvgIpc) is 2.38. The SMILES string of the molecule is C[C@H](N)c1ccc(N(C)Cc2cccc(Br)c2)c(F)c1. The predicted molar refractivity (Wildman–Crippen MR) is 85.3 cm³/mol. The first-order valence-corrected chi connectivity index (χ1v) is 7.27. The minimum atomic E-state index is -0.239. The van der Waals surface area contributed by atoms with Gasteiger partial charge in [-0.3, -0.25) is 0 Å². The van der Waals surface area contributed by atoms with E-state index in [1.165, 1.54) is 6.07 Å². The Bertz CT molecular complexity index is 599. The minimum Gasteiger partial charge on any atom is -0.368 e. The Morgan fingerprint density at radius 3 is 2.60 bits per heavy atom. The van der Waals surface area contributed by atoms with Gasteiger partial charge in [0, 0.05) is 24.1 Å². The maximum atomic E-state index is 14.1. The minimum absolute atomic E-state index is 0.158. The lowest BCUT2D eigenvalue weighted by Crippen LogP contribution is -2.18. The molecule has 0 saturated heterocycles. The summed E-state index contributed by atoms with van der Waals surface area (Å²) in [4.78, 5) is 1.89. The highest BCUT2D eigenvalue weighted by atomic mass is 79.9. The van der Waals surface area contributed by atoms with Gasteiger partial charge in [-0.1, -0.05) is 34.1 Å². The van der Waals surface area contributed by atoms with Crippen LogP contribution in [-0.4, -0.2) is 7.05 Å². The molecule has 0 fully saturated rings. The number of hydrogen-bond acceptors (Lipinski definition) is 2. The summed E-state index contributed by atoms with van der Waals surface area (Å²) in [5.74, 6) is -0.239. The van der Waals surface area contributed by atoms with E-state index in [9.17, 15) is 4.39 Å². The van der Waals surface area contributed by atoms with Crippen LogP contribution in [0.2, 0.25) is 0 Å². The van der Waals surface area contributed by atoms with Crippen molar-refractivity contribution in [3.8, 4) is 0 Å². The van der Waals surface area contributed by atoms with Crippen molar-refractivity contribution in [2.45, 2.75) is 19.5 Å². The molecule has 2 aromatic carbocycles. The van der Waals surface area contributed by atoms with Gasteiger partial charge >= 0.3 is 0 Å². The van der Waals surface area contributed by atoms with Crippen molar-refractivity contribution in [3.05, 3.63) is 63.9 Å². The number of hydrogen-bond donors (Lipinski definition) is 1. The van der Waals surface area contributed by atoms with Crippen molar-refractivity contribution >= 4 is 21.6 Å². The molecule has 0 bridgehead atoms. The molecule has 2 N–H and O–H groups in total. The second-order valence-electron chi connectivity index (χ2n) is 4.99. The van der Waals surface area contributed by atoms with Crippen LogP contribution < -0.4 is 10.6 Å². The maximum Gasteiger partial charge on any atom is 0.146 e. The standard InChI is InChI=1S/C16H18BrFN2/c1-11(19)13-6-7-16(15(18)9-13)20(2)10-12-4-3-5-14(17)8-12/h3-9,11H,10,19H2,1-2H3/t11-/m0/s1. The van der Waals surface area contributed by atoms with Crippen molar-refractivity contribution in [2.75, 3.05) is 11.9 Å². The summed E-state index contributed by atoms with van der Waals surface area (Å²) in [5.41, 5.74) is 8.27.